The molecule has 0 saturated carbocycles. The van der Waals surface area contributed by atoms with Gasteiger partial charge in [0.05, 0.1) is 5.69 Å². The number of nitrogens with two attached hydrogens (primary N) is 1. The third-order valence-electron chi connectivity index (χ3n) is 3.14. The number of aromatic nitrogens is 1. The minimum absolute atomic E-state index is 0.00275. The number of rotatable bonds is 7. The first kappa shape index (κ1) is 18.3. The summed E-state index contributed by atoms with van der Waals surface area (Å²) in [6, 6.07) is 1.85. The number of amides is 1. The lowest BCUT2D eigenvalue weighted by Gasteiger charge is -2.11. The number of nitrogens with zero attached hydrogens (tertiary/aromatic N) is 1. The predicted molar refractivity (Wildman–Crippen MR) is 83.5 cm³/mol. The molecular weight excluding hydrogens is 390 g/mol. The Morgan fingerprint density at radius 1 is 1.50 bits per heavy atom. The van der Waals surface area contributed by atoms with E-state index in [1.807, 2.05) is 6.92 Å². The highest BCUT2D eigenvalue weighted by Gasteiger charge is 2.22. The summed E-state index contributed by atoms with van der Waals surface area (Å²) in [5.74, 6) is -3.98. The minimum atomic E-state index is -1.27. The van der Waals surface area contributed by atoms with Crippen LogP contribution in [0.5, 0.6) is 5.75 Å². The molecule has 1 unspecified atom stereocenters. The van der Waals surface area contributed by atoms with E-state index in [1.54, 1.807) is 0 Å². The lowest BCUT2D eigenvalue weighted by Crippen LogP contribution is -2.17. The van der Waals surface area contributed by atoms with Crippen molar-refractivity contribution in [2.75, 3.05) is 6.61 Å². The van der Waals surface area contributed by atoms with E-state index in [9.17, 15) is 18.7 Å². The summed E-state index contributed by atoms with van der Waals surface area (Å²) in [7, 11) is 0. The van der Waals surface area contributed by atoms with E-state index >= 15 is 0 Å². The van der Waals surface area contributed by atoms with Crippen molar-refractivity contribution < 1.29 is 27.8 Å². The quantitative estimate of drug-likeness (QED) is 0.738. The van der Waals surface area contributed by atoms with Gasteiger partial charge in [-0.1, -0.05) is 13.3 Å². The van der Waals surface area contributed by atoms with Crippen LogP contribution in [0.4, 0.5) is 8.78 Å². The number of oxazole rings is 1. The van der Waals surface area contributed by atoms with Crippen molar-refractivity contribution in [1.82, 2.24) is 4.98 Å². The summed E-state index contributed by atoms with van der Waals surface area (Å²) in [6.07, 6.45) is 0.230. The van der Waals surface area contributed by atoms with Gasteiger partial charge < -0.3 is 20.0 Å². The normalized spacial score (nSPS) is 12.2. The number of aliphatic hydroxyl groups excluding tert-OH is 1. The van der Waals surface area contributed by atoms with Crippen molar-refractivity contribution in [3.63, 3.8) is 0 Å². The molecule has 1 aromatic carbocycles. The highest BCUT2D eigenvalue weighted by molar-refractivity contribution is 9.10. The standard InChI is InChI=1S/C15H15BrF2N2O4/c1-2-3-8-13(16)24-15(20-8)9(21)6-23-10-5-4-7(17)11(12(10)18)14(19)22/h4-5,9,21H,2-3,6H2,1H3,(H2,19,22). The first-order chi connectivity index (χ1) is 11.3. The van der Waals surface area contributed by atoms with Crippen molar-refractivity contribution in [2.24, 2.45) is 5.73 Å². The molecule has 0 aliphatic carbocycles. The number of carbonyl (C=O) groups excluding carboxylic acids is 1. The first-order valence-electron chi connectivity index (χ1n) is 7.08. The second-order valence-electron chi connectivity index (χ2n) is 4.95. The van der Waals surface area contributed by atoms with Gasteiger partial charge in [-0.05, 0) is 34.5 Å². The Bertz CT molecular complexity index is 751. The summed E-state index contributed by atoms with van der Waals surface area (Å²) in [5.41, 5.74) is 4.68. The van der Waals surface area contributed by atoms with Crippen molar-refractivity contribution in [1.29, 1.82) is 0 Å². The second-order valence-corrected chi connectivity index (χ2v) is 5.67. The third-order valence-corrected chi connectivity index (χ3v) is 3.76. The maximum atomic E-state index is 14.0. The maximum Gasteiger partial charge on any atom is 0.254 e. The number of benzene rings is 1. The number of aliphatic hydroxyl groups is 1. The Morgan fingerprint density at radius 2 is 2.21 bits per heavy atom. The number of ether oxygens (including phenoxy) is 1. The van der Waals surface area contributed by atoms with Crippen LogP contribution in [-0.2, 0) is 6.42 Å². The van der Waals surface area contributed by atoms with Gasteiger partial charge in [0.25, 0.3) is 5.91 Å². The second kappa shape index (κ2) is 7.71. The SMILES string of the molecule is CCCc1nc(C(O)COc2ccc(F)c(C(N)=O)c2F)oc1Br. The molecule has 0 bridgehead atoms. The Labute approximate surface area is 144 Å². The molecule has 1 atom stereocenters. The first-order valence-corrected chi connectivity index (χ1v) is 7.88. The molecule has 1 aromatic heterocycles. The van der Waals surface area contributed by atoms with Crippen LogP contribution in [0.3, 0.4) is 0 Å². The van der Waals surface area contributed by atoms with E-state index in [1.165, 1.54) is 0 Å². The molecule has 3 N–H and O–H groups in total. The van der Waals surface area contributed by atoms with E-state index < -0.39 is 41.6 Å². The molecule has 0 fully saturated rings. The van der Waals surface area contributed by atoms with Crippen LogP contribution in [0.2, 0.25) is 0 Å². The van der Waals surface area contributed by atoms with E-state index in [4.69, 9.17) is 14.9 Å². The average Bonchev–Trinajstić information content (AvgIpc) is 2.87. The molecule has 9 heteroatoms. The molecule has 0 radical (unpaired) electrons. The lowest BCUT2D eigenvalue weighted by molar-refractivity contribution is 0.0811. The minimum Gasteiger partial charge on any atom is -0.487 e. The zero-order chi connectivity index (χ0) is 17.9. The van der Waals surface area contributed by atoms with Gasteiger partial charge in [-0.2, -0.15) is 0 Å². The van der Waals surface area contributed by atoms with Crippen LogP contribution in [0.25, 0.3) is 0 Å². The largest absolute Gasteiger partial charge is 0.487 e. The van der Waals surface area contributed by atoms with Gasteiger partial charge in [0.2, 0.25) is 5.89 Å². The molecule has 2 aromatic rings. The fourth-order valence-corrected chi connectivity index (χ4v) is 2.45. The van der Waals surface area contributed by atoms with Gasteiger partial charge in [0.15, 0.2) is 22.3 Å². The molecule has 6 nitrogen and oxygen atoms in total. The van der Waals surface area contributed by atoms with Crippen LogP contribution in [0, 0.1) is 11.6 Å². The number of aryl methyl sites for hydroxylation is 1. The number of primary amides is 1. The van der Waals surface area contributed by atoms with Crippen molar-refractivity contribution in [2.45, 2.75) is 25.9 Å². The Kier molecular flexibility index (Phi) is 5.89. The highest BCUT2D eigenvalue weighted by Crippen LogP contribution is 2.26. The third kappa shape index (κ3) is 3.90. The zero-order valence-corrected chi connectivity index (χ0v) is 14.3. The fraction of sp³-hybridized carbons (Fsp3) is 0.333. The summed E-state index contributed by atoms with van der Waals surface area (Å²) in [6.45, 7) is 1.56. The van der Waals surface area contributed by atoms with Crippen LogP contribution in [-0.4, -0.2) is 22.6 Å². The average molecular weight is 405 g/mol. The topological polar surface area (TPSA) is 98.6 Å². The van der Waals surface area contributed by atoms with Crippen LogP contribution >= 0.6 is 15.9 Å². The number of hydrogen-bond acceptors (Lipinski definition) is 5. The Balaban J connectivity index is 2.12. The molecule has 1 amide bonds. The van der Waals surface area contributed by atoms with Crippen LogP contribution in [0.1, 0.15) is 41.4 Å². The number of halogens is 3. The predicted octanol–water partition coefficient (Wildman–Crippen LogP) is 2.88. The van der Waals surface area contributed by atoms with E-state index in [2.05, 4.69) is 20.9 Å². The smallest absolute Gasteiger partial charge is 0.254 e. The lowest BCUT2D eigenvalue weighted by atomic mass is 10.1. The van der Waals surface area contributed by atoms with E-state index in [-0.39, 0.29) is 5.89 Å². The van der Waals surface area contributed by atoms with Crippen molar-refractivity contribution in [3.8, 4) is 5.75 Å². The maximum absolute atomic E-state index is 14.0. The summed E-state index contributed by atoms with van der Waals surface area (Å²) >= 11 is 3.19. The molecule has 24 heavy (non-hydrogen) atoms. The molecular formula is C15H15BrF2N2O4. The van der Waals surface area contributed by atoms with Gasteiger partial charge in [0.1, 0.15) is 18.0 Å². The number of hydrogen-bond donors (Lipinski definition) is 2. The molecule has 0 aliphatic heterocycles. The monoisotopic (exact) mass is 404 g/mol. The zero-order valence-electron chi connectivity index (χ0n) is 12.7. The van der Waals surface area contributed by atoms with E-state index in [0.29, 0.717) is 16.8 Å². The molecule has 0 aliphatic rings. The number of carbonyl (C=O) groups is 1. The van der Waals surface area contributed by atoms with Crippen molar-refractivity contribution >= 4 is 21.8 Å². The summed E-state index contributed by atoms with van der Waals surface area (Å²) in [4.78, 5) is 15.2. The molecule has 0 spiro atoms. The van der Waals surface area contributed by atoms with Crippen molar-refractivity contribution in [3.05, 3.63) is 45.6 Å². The molecule has 130 valence electrons. The molecule has 2 rings (SSSR count). The summed E-state index contributed by atoms with van der Waals surface area (Å²) < 4.78 is 38.2. The van der Waals surface area contributed by atoms with Crippen LogP contribution in [0.15, 0.2) is 21.2 Å². The Morgan fingerprint density at radius 3 is 2.83 bits per heavy atom. The van der Waals surface area contributed by atoms with Gasteiger partial charge in [-0.25, -0.2) is 13.8 Å². The van der Waals surface area contributed by atoms with E-state index in [0.717, 1.165) is 18.6 Å². The highest BCUT2D eigenvalue weighted by atomic mass is 79.9. The summed E-state index contributed by atoms with van der Waals surface area (Å²) in [5, 5.41) is 10.0. The van der Waals surface area contributed by atoms with Gasteiger partial charge in [-0.3, -0.25) is 4.79 Å². The fourth-order valence-electron chi connectivity index (χ4n) is 1.99. The molecule has 0 saturated heterocycles. The van der Waals surface area contributed by atoms with Gasteiger partial charge >= 0.3 is 0 Å². The van der Waals surface area contributed by atoms with Gasteiger partial charge in [0, 0.05) is 0 Å². The Hall–Kier alpha value is -2.00. The van der Waals surface area contributed by atoms with Crippen LogP contribution < -0.4 is 10.5 Å². The molecule has 1 heterocycles. The van der Waals surface area contributed by atoms with Gasteiger partial charge in [-0.15, -0.1) is 0 Å².